The van der Waals surface area contributed by atoms with Crippen molar-refractivity contribution in [3.05, 3.63) is 59.7 Å². The number of hydrazone groups is 2. The third kappa shape index (κ3) is 7.98. The molecule has 0 atom stereocenters. The van der Waals surface area contributed by atoms with Gasteiger partial charge in [0.25, 0.3) is 0 Å². The number of carbonyl (C=O) groups is 2. The molecule has 0 aliphatic carbocycles. The maximum absolute atomic E-state index is 11.7. The van der Waals surface area contributed by atoms with Crippen molar-refractivity contribution in [2.75, 3.05) is 12.5 Å². The van der Waals surface area contributed by atoms with Gasteiger partial charge in [0.2, 0.25) is 11.8 Å². The average molecular weight is 415 g/mol. The van der Waals surface area contributed by atoms with Gasteiger partial charge in [-0.2, -0.15) is 10.2 Å². The molecule has 8 heteroatoms. The number of amides is 2. The van der Waals surface area contributed by atoms with E-state index in [1.54, 1.807) is 36.0 Å². The highest BCUT2D eigenvalue weighted by Crippen LogP contribution is 2.14. The number of hydrogen-bond acceptors (Lipinski definition) is 6. The summed E-state index contributed by atoms with van der Waals surface area (Å²) in [5.74, 6) is -0.660. The Bertz CT molecular complexity index is 763. The van der Waals surface area contributed by atoms with Gasteiger partial charge < -0.3 is 0 Å². The fraction of sp³-hybridized carbons (Fsp3) is 0.200. The van der Waals surface area contributed by atoms with Crippen LogP contribution in [0.15, 0.2) is 68.5 Å². The second kappa shape index (κ2) is 12.0. The Balaban J connectivity index is 1.67. The molecule has 0 unspecified atom stereocenters. The summed E-state index contributed by atoms with van der Waals surface area (Å²) in [6.07, 6.45) is 7.21. The Morgan fingerprint density at radius 3 is 1.43 bits per heavy atom. The van der Waals surface area contributed by atoms with Crippen molar-refractivity contribution >= 4 is 47.8 Å². The first kappa shape index (κ1) is 21.7. The minimum absolute atomic E-state index is 0.0343. The first-order valence-corrected chi connectivity index (χ1v) is 11.0. The van der Waals surface area contributed by atoms with E-state index in [-0.39, 0.29) is 24.7 Å². The third-order valence-corrected chi connectivity index (χ3v) is 5.10. The molecule has 0 radical (unpaired) electrons. The molecular formula is C20H22N4O2S2. The molecule has 0 aliphatic heterocycles. The van der Waals surface area contributed by atoms with Crippen molar-refractivity contribution in [1.82, 2.24) is 10.9 Å². The SMILES string of the molecule is CSc1ccc(C=NNC(=O)CCC(=O)NN=Cc2ccc(SC)cc2)cc1. The molecule has 2 N–H and O–H groups in total. The number of hydrogen-bond donors (Lipinski definition) is 2. The van der Waals surface area contributed by atoms with E-state index < -0.39 is 0 Å². The highest BCUT2D eigenvalue weighted by Gasteiger charge is 2.05. The normalized spacial score (nSPS) is 11.1. The van der Waals surface area contributed by atoms with Gasteiger partial charge in [-0.1, -0.05) is 24.3 Å². The molecule has 2 rings (SSSR count). The van der Waals surface area contributed by atoms with E-state index in [1.807, 2.05) is 61.0 Å². The Kier molecular flexibility index (Phi) is 9.30. The zero-order valence-electron chi connectivity index (χ0n) is 15.7. The Hall–Kier alpha value is -2.58. The van der Waals surface area contributed by atoms with Crippen molar-refractivity contribution in [2.24, 2.45) is 10.2 Å². The minimum Gasteiger partial charge on any atom is -0.273 e. The molecular weight excluding hydrogens is 392 g/mol. The van der Waals surface area contributed by atoms with Gasteiger partial charge in [-0.25, -0.2) is 10.9 Å². The van der Waals surface area contributed by atoms with E-state index in [9.17, 15) is 9.59 Å². The van der Waals surface area contributed by atoms with Gasteiger partial charge in [0.05, 0.1) is 12.4 Å². The van der Waals surface area contributed by atoms with Gasteiger partial charge in [-0.3, -0.25) is 9.59 Å². The third-order valence-electron chi connectivity index (χ3n) is 3.62. The average Bonchev–Trinajstić information content (AvgIpc) is 2.73. The van der Waals surface area contributed by atoms with E-state index in [2.05, 4.69) is 21.1 Å². The van der Waals surface area contributed by atoms with Crippen LogP contribution in [0.4, 0.5) is 0 Å². The topological polar surface area (TPSA) is 82.9 Å². The van der Waals surface area contributed by atoms with Crippen LogP contribution < -0.4 is 10.9 Å². The van der Waals surface area contributed by atoms with Crippen LogP contribution in [0.2, 0.25) is 0 Å². The summed E-state index contributed by atoms with van der Waals surface area (Å²) in [5, 5.41) is 7.79. The summed E-state index contributed by atoms with van der Waals surface area (Å²) >= 11 is 3.32. The van der Waals surface area contributed by atoms with Crippen LogP contribution in [0.25, 0.3) is 0 Å². The second-order valence-electron chi connectivity index (χ2n) is 5.63. The first-order chi connectivity index (χ1) is 13.6. The van der Waals surface area contributed by atoms with Gasteiger partial charge in [0.15, 0.2) is 0 Å². The smallest absolute Gasteiger partial charge is 0.240 e. The van der Waals surface area contributed by atoms with Crippen LogP contribution in [0.1, 0.15) is 24.0 Å². The summed E-state index contributed by atoms with van der Waals surface area (Å²) < 4.78 is 0. The molecule has 146 valence electrons. The van der Waals surface area contributed by atoms with Crippen molar-refractivity contribution < 1.29 is 9.59 Å². The fourth-order valence-corrected chi connectivity index (χ4v) is 2.89. The van der Waals surface area contributed by atoms with E-state index in [0.717, 1.165) is 20.9 Å². The monoisotopic (exact) mass is 414 g/mol. The molecule has 0 heterocycles. The van der Waals surface area contributed by atoms with Crippen molar-refractivity contribution in [3.8, 4) is 0 Å². The summed E-state index contributed by atoms with van der Waals surface area (Å²) in [4.78, 5) is 25.8. The van der Waals surface area contributed by atoms with Gasteiger partial charge >= 0.3 is 0 Å². The summed E-state index contributed by atoms with van der Waals surface area (Å²) in [7, 11) is 0. The van der Waals surface area contributed by atoms with E-state index in [1.165, 1.54) is 0 Å². The molecule has 2 aromatic carbocycles. The highest BCUT2D eigenvalue weighted by molar-refractivity contribution is 7.98. The number of thioether (sulfide) groups is 2. The summed E-state index contributed by atoms with van der Waals surface area (Å²) in [6, 6.07) is 15.6. The predicted molar refractivity (Wildman–Crippen MR) is 117 cm³/mol. The largest absolute Gasteiger partial charge is 0.273 e. The molecule has 6 nitrogen and oxygen atoms in total. The van der Waals surface area contributed by atoms with Crippen LogP contribution in [-0.2, 0) is 9.59 Å². The minimum atomic E-state index is -0.330. The number of nitrogens with zero attached hydrogens (tertiary/aromatic N) is 2. The molecule has 0 saturated heterocycles. The lowest BCUT2D eigenvalue weighted by Crippen LogP contribution is -2.22. The first-order valence-electron chi connectivity index (χ1n) is 8.52. The van der Waals surface area contributed by atoms with Crippen LogP contribution in [0, 0.1) is 0 Å². The molecule has 2 amide bonds. The predicted octanol–water partition coefficient (Wildman–Crippen LogP) is 3.51. The maximum atomic E-state index is 11.7. The molecule has 28 heavy (non-hydrogen) atoms. The van der Waals surface area contributed by atoms with E-state index >= 15 is 0 Å². The van der Waals surface area contributed by atoms with E-state index in [4.69, 9.17) is 0 Å². The number of rotatable bonds is 9. The lowest BCUT2D eigenvalue weighted by atomic mass is 10.2. The lowest BCUT2D eigenvalue weighted by Gasteiger charge is -2.01. The van der Waals surface area contributed by atoms with Crippen LogP contribution in [0.3, 0.4) is 0 Å². The second-order valence-corrected chi connectivity index (χ2v) is 7.39. The Labute approximate surface area is 173 Å². The molecule has 0 spiro atoms. The fourth-order valence-electron chi connectivity index (χ4n) is 2.08. The van der Waals surface area contributed by atoms with Crippen LogP contribution in [-0.4, -0.2) is 36.8 Å². The van der Waals surface area contributed by atoms with Gasteiger partial charge in [-0.05, 0) is 47.9 Å². The molecule has 0 saturated carbocycles. The van der Waals surface area contributed by atoms with Crippen molar-refractivity contribution in [3.63, 3.8) is 0 Å². The van der Waals surface area contributed by atoms with Crippen molar-refractivity contribution in [2.45, 2.75) is 22.6 Å². The van der Waals surface area contributed by atoms with Gasteiger partial charge in [0.1, 0.15) is 0 Å². The number of benzene rings is 2. The van der Waals surface area contributed by atoms with Gasteiger partial charge in [0, 0.05) is 22.6 Å². The van der Waals surface area contributed by atoms with Crippen molar-refractivity contribution in [1.29, 1.82) is 0 Å². The highest BCUT2D eigenvalue weighted by atomic mass is 32.2. The molecule has 0 bridgehead atoms. The van der Waals surface area contributed by atoms with E-state index in [0.29, 0.717) is 0 Å². The Morgan fingerprint density at radius 2 is 1.11 bits per heavy atom. The molecule has 0 fully saturated rings. The molecule has 0 aliphatic rings. The zero-order valence-corrected chi connectivity index (χ0v) is 17.3. The van der Waals surface area contributed by atoms with Crippen LogP contribution >= 0.6 is 23.5 Å². The quantitative estimate of drug-likeness (QED) is 0.374. The zero-order chi connectivity index (χ0) is 20.2. The maximum Gasteiger partial charge on any atom is 0.240 e. The Morgan fingerprint density at radius 1 is 0.750 bits per heavy atom. The van der Waals surface area contributed by atoms with Gasteiger partial charge in [-0.15, -0.1) is 23.5 Å². The number of nitrogens with one attached hydrogen (secondary N) is 2. The standard InChI is InChI=1S/C20H22N4O2S2/c1-27-17-7-3-15(4-8-17)13-21-23-19(25)11-12-20(26)24-22-14-16-5-9-18(28-2)10-6-16/h3-10,13-14H,11-12H2,1-2H3,(H,23,25)(H,24,26). The molecule has 2 aromatic rings. The lowest BCUT2D eigenvalue weighted by molar-refractivity contribution is -0.126. The number of carbonyl (C=O) groups excluding carboxylic acids is 2. The summed E-state index contributed by atoms with van der Waals surface area (Å²) in [6.45, 7) is 0. The summed E-state index contributed by atoms with van der Waals surface area (Å²) in [5.41, 5.74) is 6.60. The molecule has 0 aromatic heterocycles. The van der Waals surface area contributed by atoms with Crippen LogP contribution in [0.5, 0.6) is 0 Å².